The number of nitrogens with one attached hydrogen (secondary N) is 1. The highest BCUT2D eigenvalue weighted by atomic mass is 79.9. The third kappa shape index (κ3) is 3.05. The van der Waals surface area contributed by atoms with E-state index in [1.807, 2.05) is 0 Å². The summed E-state index contributed by atoms with van der Waals surface area (Å²) in [5, 5.41) is 19.6. The molecule has 2 aromatic carbocycles. The lowest BCUT2D eigenvalue weighted by atomic mass is 10.1. The van der Waals surface area contributed by atoms with Crippen LogP contribution in [0.4, 0.5) is 5.69 Å². The molecule has 1 aliphatic carbocycles. The number of aromatic hydroxyl groups is 2. The van der Waals surface area contributed by atoms with Gasteiger partial charge in [0.2, 0.25) is 0 Å². The van der Waals surface area contributed by atoms with E-state index in [4.69, 9.17) is 0 Å². The molecule has 1 aliphatic rings. The molecule has 116 valence electrons. The molecule has 7 heteroatoms. The Hall–Kier alpha value is -1.73. The molecule has 1 saturated carbocycles. The number of benzene rings is 2. The van der Waals surface area contributed by atoms with Crippen LogP contribution in [0.15, 0.2) is 45.8 Å². The second-order valence-corrected chi connectivity index (χ2v) is 7.83. The van der Waals surface area contributed by atoms with Crippen molar-refractivity contribution in [1.29, 1.82) is 0 Å². The highest BCUT2D eigenvalue weighted by Crippen LogP contribution is 2.42. The van der Waals surface area contributed by atoms with Crippen molar-refractivity contribution in [3.8, 4) is 11.5 Å². The van der Waals surface area contributed by atoms with Gasteiger partial charge in [-0.25, -0.2) is 8.42 Å². The molecule has 0 amide bonds. The molecule has 22 heavy (non-hydrogen) atoms. The molecule has 0 radical (unpaired) electrons. The fraction of sp³-hybridized carbons (Fsp3) is 0.200. The Balaban J connectivity index is 1.97. The maximum absolute atomic E-state index is 12.4. The fourth-order valence-electron chi connectivity index (χ4n) is 2.21. The standard InChI is InChI=1S/C15H14BrNO4S/c16-11-4-6-14(19)15(8-11)22(20,21)17-12-7-10(9-1-2-9)3-5-13(12)18/h3-9,17-19H,1-2H2. The lowest BCUT2D eigenvalue weighted by Crippen LogP contribution is -2.13. The predicted octanol–water partition coefficient (Wildman–Crippen LogP) is 3.54. The Morgan fingerprint density at radius 3 is 2.41 bits per heavy atom. The SMILES string of the molecule is O=S(=O)(Nc1cc(C2CC2)ccc1O)c1cc(Br)ccc1O. The van der Waals surface area contributed by atoms with E-state index in [1.54, 1.807) is 18.2 Å². The first-order valence-electron chi connectivity index (χ1n) is 6.71. The molecule has 2 aromatic rings. The van der Waals surface area contributed by atoms with Gasteiger partial charge in [-0.2, -0.15) is 0 Å². The highest BCUT2D eigenvalue weighted by molar-refractivity contribution is 9.10. The molecule has 3 N–H and O–H groups in total. The maximum Gasteiger partial charge on any atom is 0.265 e. The molecule has 5 nitrogen and oxygen atoms in total. The smallest absolute Gasteiger partial charge is 0.265 e. The Bertz CT molecular complexity index is 831. The molecular weight excluding hydrogens is 370 g/mol. The van der Waals surface area contributed by atoms with Gasteiger partial charge in [-0.1, -0.05) is 22.0 Å². The Morgan fingerprint density at radius 1 is 1.05 bits per heavy atom. The van der Waals surface area contributed by atoms with E-state index < -0.39 is 10.0 Å². The predicted molar refractivity (Wildman–Crippen MR) is 86.7 cm³/mol. The number of hydrogen-bond acceptors (Lipinski definition) is 4. The summed E-state index contributed by atoms with van der Waals surface area (Å²) in [6.07, 6.45) is 2.15. The van der Waals surface area contributed by atoms with E-state index in [1.165, 1.54) is 18.2 Å². The Kier molecular flexibility index (Phi) is 3.78. The summed E-state index contributed by atoms with van der Waals surface area (Å²) in [5.74, 6) is -0.0703. The molecular formula is C15H14BrNO4S. The molecule has 0 aliphatic heterocycles. The lowest BCUT2D eigenvalue weighted by molar-refractivity contribution is 0.458. The molecule has 0 saturated heterocycles. The van der Waals surface area contributed by atoms with Crippen LogP contribution in [0.25, 0.3) is 0 Å². The minimum Gasteiger partial charge on any atom is -0.507 e. The summed E-state index contributed by atoms with van der Waals surface area (Å²) in [6.45, 7) is 0. The number of phenolic OH excluding ortho intramolecular Hbond substituents is 2. The van der Waals surface area contributed by atoms with Gasteiger partial charge in [-0.15, -0.1) is 0 Å². The van der Waals surface area contributed by atoms with Gasteiger partial charge in [0.25, 0.3) is 10.0 Å². The van der Waals surface area contributed by atoms with Crippen LogP contribution >= 0.6 is 15.9 Å². The molecule has 0 unspecified atom stereocenters. The number of anilines is 1. The first kappa shape index (κ1) is 15.2. The third-order valence-electron chi connectivity index (χ3n) is 3.53. The fourth-order valence-corrected chi connectivity index (χ4v) is 3.91. The van der Waals surface area contributed by atoms with Gasteiger partial charge in [0.15, 0.2) is 0 Å². The van der Waals surface area contributed by atoms with Crippen LogP contribution in [0.5, 0.6) is 11.5 Å². The van der Waals surface area contributed by atoms with Crippen LogP contribution in [0.3, 0.4) is 0 Å². The molecule has 0 atom stereocenters. The van der Waals surface area contributed by atoms with Crippen molar-refractivity contribution in [3.63, 3.8) is 0 Å². The van der Waals surface area contributed by atoms with Crippen molar-refractivity contribution in [2.24, 2.45) is 0 Å². The zero-order valence-corrected chi connectivity index (χ0v) is 13.9. The molecule has 1 fully saturated rings. The van der Waals surface area contributed by atoms with Crippen LogP contribution in [0, 0.1) is 0 Å². The van der Waals surface area contributed by atoms with Crippen molar-refractivity contribution < 1.29 is 18.6 Å². The van der Waals surface area contributed by atoms with Gasteiger partial charge in [0, 0.05) is 4.47 Å². The summed E-state index contributed by atoms with van der Waals surface area (Å²) >= 11 is 3.17. The van der Waals surface area contributed by atoms with E-state index >= 15 is 0 Å². The molecule has 0 bridgehead atoms. The molecule has 0 spiro atoms. The maximum atomic E-state index is 12.4. The van der Waals surface area contributed by atoms with Crippen LogP contribution in [-0.4, -0.2) is 18.6 Å². The summed E-state index contributed by atoms with van der Waals surface area (Å²) in [5.41, 5.74) is 1.11. The van der Waals surface area contributed by atoms with Crippen molar-refractivity contribution >= 4 is 31.6 Å². The zero-order valence-electron chi connectivity index (χ0n) is 11.5. The van der Waals surface area contributed by atoms with Crippen LogP contribution in [-0.2, 0) is 10.0 Å². The molecule has 0 aromatic heterocycles. The zero-order chi connectivity index (χ0) is 15.9. The van der Waals surface area contributed by atoms with Gasteiger partial charge in [0.05, 0.1) is 5.69 Å². The normalized spacial score (nSPS) is 14.8. The van der Waals surface area contributed by atoms with Crippen LogP contribution < -0.4 is 4.72 Å². The van der Waals surface area contributed by atoms with E-state index in [0.29, 0.717) is 10.4 Å². The first-order valence-corrected chi connectivity index (χ1v) is 8.99. The average molecular weight is 384 g/mol. The number of halogens is 1. The summed E-state index contributed by atoms with van der Waals surface area (Å²) in [4.78, 5) is -0.252. The minimum absolute atomic E-state index is 0.115. The Morgan fingerprint density at radius 2 is 1.73 bits per heavy atom. The quantitative estimate of drug-likeness (QED) is 0.704. The monoisotopic (exact) mass is 383 g/mol. The summed E-state index contributed by atoms with van der Waals surface area (Å²) in [6, 6.07) is 9.05. The minimum atomic E-state index is -4.00. The summed E-state index contributed by atoms with van der Waals surface area (Å²) in [7, 11) is -4.00. The van der Waals surface area contributed by atoms with Gasteiger partial charge in [-0.3, -0.25) is 4.72 Å². The molecule has 3 rings (SSSR count). The van der Waals surface area contributed by atoms with E-state index in [0.717, 1.165) is 18.4 Å². The van der Waals surface area contributed by atoms with E-state index in [9.17, 15) is 18.6 Å². The van der Waals surface area contributed by atoms with E-state index in [2.05, 4.69) is 20.7 Å². The third-order valence-corrected chi connectivity index (χ3v) is 5.41. The van der Waals surface area contributed by atoms with E-state index in [-0.39, 0.29) is 22.1 Å². The second-order valence-electron chi connectivity index (χ2n) is 5.27. The van der Waals surface area contributed by atoms with Crippen LogP contribution in [0.2, 0.25) is 0 Å². The topological polar surface area (TPSA) is 86.6 Å². The number of rotatable bonds is 4. The Labute approximate surface area is 136 Å². The molecule has 0 heterocycles. The number of phenols is 2. The van der Waals surface area contributed by atoms with Gasteiger partial charge in [0.1, 0.15) is 16.4 Å². The number of hydrogen-bond donors (Lipinski definition) is 3. The highest BCUT2D eigenvalue weighted by Gasteiger charge is 2.26. The lowest BCUT2D eigenvalue weighted by Gasteiger charge is -2.12. The van der Waals surface area contributed by atoms with Crippen molar-refractivity contribution in [1.82, 2.24) is 0 Å². The van der Waals surface area contributed by atoms with Crippen molar-refractivity contribution in [2.75, 3.05) is 4.72 Å². The van der Waals surface area contributed by atoms with Crippen molar-refractivity contribution in [3.05, 3.63) is 46.4 Å². The second kappa shape index (κ2) is 5.48. The van der Waals surface area contributed by atoms with Crippen molar-refractivity contribution in [2.45, 2.75) is 23.7 Å². The summed E-state index contributed by atoms with van der Waals surface area (Å²) < 4.78 is 27.7. The average Bonchev–Trinajstić information content (AvgIpc) is 3.28. The van der Waals surface area contributed by atoms with Crippen LogP contribution in [0.1, 0.15) is 24.3 Å². The van der Waals surface area contributed by atoms with Gasteiger partial charge in [-0.05, 0) is 54.7 Å². The largest absolute Gasteiger partial charge is 0.507 e. The van der Waals surface area contributed by atoms with Gasteiger partial charge < -0.3 is 10.2 Å². The van der Waals surface area contributed by atoms with Gasteiger partial charge >= 0.3 is 0 Å². The number of sulfonamides is 1. The first-order chi connectivity index (χ1) is 10.4.